The SMILES string of the molecule is Cc1ccccc1C(=O)N(CCCN)C1CCCC1. The second kappa shape index (κ2) is 6.71. The molecule has 2 N–H and O–H groups in total. The minimum absolute atomic E-state index is 0.179. The molecule has 3 nitrogen and oxygen atoms in total. The Morgan fingerprint density at radius 3 is 2.63 bits per heavy atom. The molecule has 2 rings (SSSR count). The predicted molar refractivity (Wildman–Crippen MR) is 78.1 cm³/mol. The normalized spacial score (nSPS) is 15.7. The highest BCUT2D eigenvalue weighted by atomic mass is 16.2. The number of rotatable bonds is 5. The lowest BCUT2D eigenvalue weighted by atomic mass is 10.1. The molecule has 0 bridgehead atoms. The Kier molecular flexibility index (Phi) is 4.97. The summed E-state index contributed by atoms with van der Waals surface area (Å²) in [5.41, 5.74) is 7.50. The fourth-order valence-electron chi connectivity index (χ4n) is 2.90. The van der Waals surface area contributed by atoms with E-state index in [4.69, 9.17) is 5.73 Å². The van der Waals surface area contributed by atoms with Crippen LogP contribution < -0.4 is 5.73 Å². The maximum absolute atomic E-state index is 12.7. The van der Waals surface area contributed by atoms with Gasteiger partial charge in [-0.15, -0.1) is 0 Å². The molecule has 0 spiro atoms. The number of hydrogen-bond acceptors (Lipinski definition) is 2. The molecule has 19 heavy (non-hydrogen) atoms. The summed E-state index contributed by atoms with van der Waals surface area (Å²) < 4.78 is 0. The molecule has 1 aromatic carbocycles. The van der Waals surface area contributed by atoms with E-state index in [2.05, 4.69) is 4.90 Å². The van der Waals surface area contributed by atoms with Crippen molar-refractivity contribution in [3.8, 4) is 0 Å². The first-order valence-electron chi connectivity index (χ1n) is 7.30. The monoisotopic (exact) mass is 260 g/mol. The van der Waals surface area contributed by atoms with E-state index in [9.17, 15) is 4.79 Å². The van der Waals surface area contributed by atoms with Gasteiger partial charge in [0.05, 0.1) is 0 Å². The Bertz CT molecular complexity index is 425. The van der Waals surface area contributed by atoms with Gasteiger partial charge in [0, 0.05) is 18.2 Å². The van der Waals surface area contributed by atoms with Crippen LogP contribution >= 0.6 is 0 Å². The van der Waals surface area contributed by atoms with E-state index in [0.717, 1.165) is 36.9 Å². The molecule has 3 heteroatoms. The largest absolute Gasteiger partial charge is 0.336 e. The molecule has 1 fully saturated rings. The van der Waals surface area contributed by atoms with Gasteiger partial charge < -0.3 is 10.6 Å². The number of amides is 1. The zero-order chi connectivity index (χ0) is 13.7. The molecule has 1 aromatic rings. The van der Waals surface area contributed by atoms with Crippen LogP contribution in [0.5, 0.6) is 0 Å². The molecule has 0 radical (unpaired) electrons. The van der Waals surface area contributed by atoms with Crippen LogP contribution in [0.3, 0.4) is 0 Å². The van der Waals surface area contributed by atoms with Gasteiger partial charge in [0.1, 0.15) is 0 Å². The minimum atomic E-state index is 0.179. The van der Waals surface area contributed by atoms with Gasteiger partial charge in [-0.1, -0.05) is 31.0 Å². The highest BCUT2D eigenvalue weighted by Gasteiger charge is 2.27. The minimum Gasteiger partial charge on any atom is -0.336 e. The topological polar surface area (TPSA) is 46.3 Å². The summed E-state index contributed by atoms with van der Waals surface area (Å²) in [7, 11) is 0. The molecule has 0 atom stereocenters. The number of hydrogen-bond donors (Lipinski definition) is 1. The van der Waals surface area contributed by atoms with Crippen molar-refractivity contribution in [3.63, 3.8) is 0 Å². The van der Waals surface area contributed by atoms with Crippen LogP contribution in [-0.4, -0.2) is 29.9 Å². The number of nitrogens with two attached hydrogens (primary N) is 1. The molecular formula is C16H24N2O. The Hall–Kier alpha value is -1.35. The highest BCUT2D eigenvalue weighted by Crippen LogP contribution is 2.25. The van der Waals surface area contributed by atoms with E-state index in [1.165, 1.54) is 12.8 Å². The predicted octanol–water partition coefficient (Wildman–Crippen LogP) is 2.73. The third-order valence-corrected chi connectivity index (χ3v) is 4.00. The standard InChI is InChI=1S/C16H24N2O/c1-13-7-2-5-10-15(13)16(19)18(12-6-11-17)14-8-3-4-9-14/h2,5,7,10,14H,3-4,6,8-9,11-12,17H2,1H3. The van der Waals surface area contributed by atoms with Crippen LogP contribution in [0.2, 0.25) is 0 Å². The van der Waals surface area contributed by atoms with Crippen molar-refractivity contribution in [3.05, 3.63) is 35.4 Å². The average Bonchev–Trinajstić information content (AvgIpc) is 2.93. The third-order valence-electron chi connectivity index (χ3n) is 4.00. The van der Waals surface area contributed by atoms with Gasteiger partial charge in [-0.3, -0.25) is 4.79 Å². The van der Waals surface area contributed by atoms with E-state index in [-0.39, 0.29) is 5.91 Å². The first kappa shape index (κ1) is 14.1. The van der Waals surface area contributed by atoms with Crippen LogP contribution in [0.25, 0.3) is 0 Å². The van der Waals surface area contributed by atoms with Gasteiger partial charge in [0.15, 0.2) is 0 Å². The lowest BCUT2D eigenvalue weighted by Crippen LogP contribution is -2.40. The van der Waals surface area contributed by atoms with E-state index in [1.54, 1.807) is 0 Å². The number of carbonyl (C=O) groups is 1. The second-order valence-corrected chi connectivity index (χ2v) is 5.39. The lowest BCUT2D eigenvalue weighted by Gasteiger charge is -2.29. The van der Waals surface area contributed by atoms with Crippen LogP contribution in [0.1, 0.15) is 48.0 Å². The molecule has 0 unspecified atom stereocenters. The molecular weight excluding hydrogens is 236 g/mol. The van der Waals surface area contributed by atoms with Crippen molar-refractivity contribution in [2.45, 2.75) is 45.1 Å². The molecule has 1 aliphatic rings. The van der Waals surface area contributed by atoms with E-state index in [0.29, 0.717) is 12.6 Å². The zero-order valence-corrected chi connectivity index (χ0v) is 11.8. The summed E-state index contributed by atoms with van der Waals surface area (Å²) in [5, 5.41) is 0. The molecule has 0 aliphatic heterocycles. The second-order valence-electron chi connectivity index (χ2n) is 5.39. The van der Waals surface area contributed by atoms with Crippen molar-refractivity contribution in [2.75, 3.05) is 13.1 Å². The van der Waals surface area contributed by atoms with Gasteiger partial charge in [0.25, 0.3) is 5.91 Å². The van der Waals surface area contributed by atoms with E-state index in [1.807, 2.05) is 31.2 Å². The molecule has 0 heterocycles. The van der Waals surface area contributed by atoms with Gasteiger partial charge in [0.2, 0.25) is 0 Å². The van der Waals surface area contributed by atoms with Crippen LogP contribution in [-0.2, 0) is 0 Å². The van der Waals surface area contributed by atoms with Crippen molar-refractivity contribution in [1.82, 2.24) is 4.90 Å². The summed E-state index contributed by atoms with van der Waals surface area (Å²) in [5.74, 6) is 0.179. The quantitative estimate of drug-likeness (QED) is 0.885. The van der Waals surface area contributed by atoms with Gasteiger partial charge in [-0.25, -0.2) is 0 Å². The van der Waals surface area contributed by atoms with Gasteiger partial charge >= 0.3 is 0 Å². The number of aryl methyl sites for hydroxylation is 1. The first-order valence-corrected chi connectivity index (χ1v) is 7.30. The highest BCUT2D eigenvalue weighted by molar-refractivity contribution is 5.95. The fraction of sp³-hybridized carbons (Fsp3) is 0.562. The smallest absolute Gasteiger partial charge is 0.254 e. The molecule has 104 valence electrons. The van der Waals surface area contributed by atoms with Crippen molar-refractivity contribution < 1.29 is 4.79 Å². The van der Waals surface area contributed by atoms with Crippen molar-refractivity contribution in [1.29, 1.82) is 0 Å². The maximum Gasteiger partial charge on any atom is 0.254 e. The summed E-state index contributed by atoms with van der Waals surface area (Å²) in [6.07, 6.45) is 5.65. The molecule has 0 saturated heterocycles. The molecule has 1 saturated carbocycles. The summed E-state index contributed by atoms with van der Waals surface area (Å²) in [6, 6.07) is 8.27. The number of benzene rings is 1. The van der Waals surface area contributed by atoms with Gasteiger partial charge in [-0.2, -0.15) is 0 Å². The van der Waals surface area contributed by atoms with Crippen LogP contribution in [0.15, 0.2) is 24.3 Å². The summed E-state index contributed by atoms with van der Waals surface area (Å²) >= 11 is 0. The molecule has 0 aromatic heterocycles. The van der Waals surface area contributed by atoms with Crippen LogP contribution in [0, 0.1) is 6.92 Å². The lowest BCUT2D eigenvalue weighted by molar-refractivity contribution is 0.0679. The number of nitrogens with zero attached hydrogens (tertiary/aromatic N) is 1. The molecule has 1 amide bonds. The van der Waals surface area contributed by atoms with E-state index < -0.39 is 0 Å². The molecule has 1 aliphatic carbocycles. The Morgan fingerprint density at radius 1 is 1.32 bits per heavy atom. The fourth-order valence-corrected chi connectivity index (χ4v) is 2.90. The van der Waals surface area contributed by atoms with E-state index >= 15 is 0 Å². The Morgan fingerprint density at radius 2 is 2.00 bits per heavy atom. The Labute approximate surface area is 115 Å². The maximum atomic E-state index is 12.7. The summed E-state index contributed by atoms with van der Waals surface area (Å²) in [6.45, 7) is 3.43. The average molecular weight is 260 g/mol. The zero-order valence-electron chi connectivity index (χ0n) is 11.8. The first-order chi connectivity index (χ1) is 9.24. The summed E-state index contributed by atoms with van der Waals surface area (Å²) in [4.78, 5) is 14.8. The number of carbonyl (C=O) groups excluding carboxylic acids is 1. The van der Waals surface area contributed by atoms with Crippen LogP contribution in [0.4, 0.5) is 0 Å². The van der Waals surface area contributed by atoms with Crippen molar-refractivity contribution in [2.24, 2.45) is 5.73 Å². The third kappa shape index (κ3) is 3.35. The Balaban J connectivity index is 2.17. The van der Waals surface area contributed by atoms with Gasteiger partial charge in [-0.05, 0) is 44.4 Å². The van der Waals surface area contributed by atoms with Crippen molar-refractivity contribution >= 4 is 5.91 Å².